The molecule has 0 unspecified atom stereocenters. The van der Waals surface area contributed by atoms with Gasteiger partial charge in [-0.25, -0.2) is 0 Å². The Labute approximate surface area is 140 Å². The van der Waals surface area contributed by atoms with Crippen molar-refractivity contribution in [3.63, 3.8) is 0 Å². The Morgan fingerprint density at radius 3 is 2.43 bits per heavy atom. The number of likely N-dealkylation sites (N-methyl/N-ethyl adjacent to an activating group) is 1. The van der Waals surface area contributed by atoms with E-state index in [0.29, 0.717) is 6.54 Å². The van der Waals surface area contributed by atoms with Crippen molar-refractivity contribution in [2.24, 2.45) is 17.8 Å². The monoisotopic (exact) mass is 314 g/mol. The quantitative estimate of drug-likeness (QED) is 0.893. The number of anilines is 1. The molecule has 0 saturated heterocycles. The van der Waals surface area contributed by atoms with E-state index in [1.54, 1.807) is 0 Å². The molecule has 0 heterocycles. The van der Waals surface area contributed by atoms with Crippen LogP contribution in [-0.4, -0.2) is 30.9 Å². The van der Waals surface area contributed by atoms with Crippen LogP contribution in [0.25, 0.3) is 0 Å². The van der Waals surface area contributed by atoms with Gasteiger partial charge in [0.05, 0.1) is 6.54 Å². The van der Waals surface area contributed by atoms with E-state index in [-0.39, 0.29) is 5.91 Å². The zero-order chi connectivity index (χ0) is 16.6. The molecule has 3 atom stereocenters. The molecule has 2 aliphatic carbocycles. The zero-order valence-corrected chi connectivity index (χ0v) is 15.0. The van der Waals surface area contributed by atoms with Gasteiger partial charge in [0, 0.05) is 12.2 Å². The molecule has 3 heteroatoms. The summed E-state index contributed by atoms with van der Waals surface area (Å²) >= 11 is 0. The number of amides is 1. The third kappa shape index (κ3) is 3.77. The lowest BCUT2D eigenvalue weighted by atomic mass is 9.88. The largest absolute Gasteiger partial charge is 0.324 e. The van der Waals surface area contributed by atoms with Crippen molar-refractivity contribution < 1.29 is 4.79 Å². The highest BCUT2D eigenvalue weighted by Crippen LogP contribution is 2.48. The number of hydrogen-bond donors (Lipinski definition) is 1. The number of nitrogens with one attached hydrogen (secondary N) is 1. The van der Waals surface area contributed by atoms with Gasteiger partial charge < -0.3 is 5.32 Å². The lowest BCUT2D eigenvalue weighted by molar-refractivity contribution is -0.117. The van der Waals surface area contributed by atoms with E-state index in [2.05, 4.69) is 50.2 Å². The first-order chi connectivity index (χ1) is 10.9. The van der Waals surface area contributed by atoms with E-state index in [9.17, 15) is 4.79 Å². The first kappa shape index (κ1) is 16.5. The number of fused-ring (bicyclic) bond motifs is 2. The van der Waals surface area contributed by atoms with Gasteiger partial charge in [-0.05, 0) is 76.0 Å². The summed E-state index contributed by atoms with van der Waals surface area (Å²) in [6, 6.07) is 4.25. The molecule has 3 rings (SSSR count). The molecule has 0 aliphatic heterocycles. The molecule has 0 spiro atoms. The van der Waals surface area contributed by atoms with Crippen LogP contribution in [0.4, 0.5) is 5.69 Å². The van der Waals surface area contributed by atoms with Crippen LogP contribution in [0.1, 0.15) is 42.4 Å². The fourth-order valence-electron chi connectivity index (χ4n) is 4.87. The zero-order valence-electron chi connectivity index (χ0n) is 15.0. The van der Waals surface area contributed by atoms with Gasteiger partial charge >= 0.3 is 0 Å². The molecule has 126 valence electrons. The lowest BCUT2D eigenvalue weighted by Crippen LogP contribution is -2.35. The van der Waals surface area contributed by atoms with Crippen LogP contribution >= 0.6 is 0 Å². The van der Waals surface area contributed by atoms with Gasteiger partial charge in [0.1, 0.15) is 0 Å². The SMILES string of the molecule is Cc1cc(C)c(NC(=O)CN(C)C[C@@H]2C[C@H]3CC[C@H]2C3)c(C)c1. The molecule has 1 N–H and O–H groups in total. The molecule has 0 radical (unpaired) electrons. The van der Waals surface area contributed by atoms with E-state index in [1.807, 2.05) is 0 Å². The van der Waals surface area contributed by atoms with E-state index in [1.165, 1.54) is 31.2 Å². The fraction of sp³-hybridized carbons (Fsp3) is 0.650. The van der Waals surface area contributed by atoms with Gasteiger partial charge in [0.25, 0.3) is 0 Å². The molecule has 2 bridgehead atoms. The number of nitrogens with zero attached hydrogens (tertiary/aromatic N) is 1. The van der Waals surface area contributed by atoms with E-state index in [4.69, 9.17) is 0 Å². The maximum atomic E-state index is 12.4. The summed E-state index contributed by atoms with van der Waals surface area (Å²) in [6.07, 6.45) is 5.67. The van der Waals surface area contributed by atoms with Gasteiger partial charge in [-0.2, -0.15) is 0 Å². The average Bonchev–Trinajstić information content (AvgIpc) is 3.05. The first-order valence-corrected chi connectivity index (χ1v) is 8.98. The molecule has 1 amide bonds. The predicted octanol–water partition coefficient (Wildman–Crippen LogP) is 3.92. The van der Waals surface area contributed by atoms with E-state index >= 15 is 0 Å². The Morgan fingerprint density at radius 2 is 1.87 bits per heavy atom. The molecule has 1 aromatic carbocycles. The summed E-state index contributed by atoms with van der Waals surface area (Å²) in [7, 11) is 2.08. The normalized spacial score (nSPS) is 26.0. The molecule has 0 aromatic heterocycles. The molecular formula is C20H30N2O. The Kier molecular flexibility index (Phi) is 4.77. The van der Waals surface area contributed by atoms with Crippen molar-refractivity contribution in [2.45, 2.75) is 46.5 Å². The summed E-state index contributed by atoms with van der Waals surface area (Å²) in [5.41, 5.74) is 4.51. The summed E-state index contributed by atoms with van der Waals surface area (Å²) in [4.78, 5) is 14.6. The van der Waals surface area contributed by atoms with E-state index in [0.717, 1.165) is 41.1 Å². The molecule has 2 fully saturated rings. The Bertz CT molecular complexity index is 572. The highest BCUT2D eigenvalue weighted by atomic mass is 16.2. The van der Waals surface area contributed by atoms with Crippen LogP contribution in [0, 0.1) is 38.5 Å². The highest BCUT2D eigenvalue weighted by Gasteiger charge is 2.39. The number of carbonyl (C=O) groups is 1. The van der Waals surface area contributed by atoms with Crippen LogP contribution < -0.4 is 5.32 Å². The lowest BCUT2D eigenvalue weighted by Gasteiger charge is -2.27. The van der Waals surface area contributed by atoms with Crippen molar-refractivity contribution >= 4 is 11.6 Å². The second-order valence-electron chi connectivity index (χ2n) is 7.95. The predicted molar refractivity (Wildman–Crippen MR) is 95.7 cm³/mol. The molecule has 2 saturated carbocycles. The molecule has 1 aromatic rings. The number of aryl methyl sites for hydroxylation is 3. The van der Waals surface area contributed by atoms with Crippen molar-refractivity contribution in [2.75, 3.05) is 25.5 Å². The number of carbonyl (C=O) groups excluding carboxylic acids is 1. The van der Waals surface area contributed by atoms with Crippen LogP contribution in [-0.2, 0) is 4.79 Å². The van der Waals surface area contributed by atoms with Crippen LogP contribution in [0.2, 0.25) is 0 Å². The van der Waals surface area contributed by atoms with Gasteiger partial charge in [-0.3, -0.25) is 9.69 Å². The molecule has 2 aliphatic rings. The Balaban J connectivity index is 1.53. The van der Waals surface area contributed by atoms with Crippen molar-refractivity contribution in [1.29, 1.82) is 0 Å². The van der Waals surface area contributed by atoms with Crippen LogP contribution in [0.5, 0.6) is 0 Å². The average molecular weight is 314 g/mol. The first-order valence-electron chi connectivity index (χ1n) is 8.98. The standard InChI is InChI=1S/C20H30N2O/c1-13-7-14(2)20(15(3)8-13)21-19(23)12-22(4)11-18-10-16-5-6-17(18)9-16/h7-8,16-18H,5-6,9-12H2,1-4H3,(H,21,23)/t16-,17-,18-/m0/s1. The number of hydrogen-bond acceptors (Lipinski definition) is 2. The Hall–Kier alpha value is -1.35. The number of rotatable bonds is 5. The van der Waals surface area contributed by atoms with Crippen LogP contribution in [0.15, 0.2) is 12.1 Å². The van der Waals surface area contributed by atoms with Crippen molar-refractivity contribution in [3.05, 3.63) is 28.8 Å². The third-order valence-electron chi connectivity index (χ3n) is 5.79. The minimum Gasteiger partial charge on any atom is -0.324 e. The smallest absolute Gasteiger partial charge is 0.238 e. The highest BCUT2D eigenvalue weighted by molar-refractivity contribution is 5.93. The fourth-order valence-corrected chi connectivity index (χ4v) is 4.87. The summed E-state index contributed by atoms with van der Waals surface area (Å²) < 4.78 is 0. The summed E-state index contributed by atoms with van der Waals surface area (Å²) in [5.74, 6) is 2.82. The summed E-state index contributed by atoms with van der Waals surface area (Å²) in [6.45, 7) is 7.78. The van der Waals surface area contributed by atoms with Gasteiger partial charge in [-0.15, -0.1) is 0 Å². The number of benzene rings is 1. The minimum absolute atomic E-state index is 0.103. The topological polar surface area (TPSA) is 32.3 Å². The molecular weight excluding hydrogens is 284 g/mol. The molecule has 3 nitrogen and oxygen atoms in total. The van der Waals surface area contributed by atoms with Crippen molar-refractivity contribution in [3.8, 4) is 0 Å². The summed E-state index contributed by atoms with van der Waals surface area (Å²) in [5, 5.41) is 3.11. The second kappa shape index (κ2) is 6.64. The Morgan fingerprint density at radius 1 is 1.17 bits per heavy atom. The van der Waals surface area contributed by atoms with Gasteiger partial charge in [-0.1, -0.05) is 24.1 Å². The molecule has 23 heavy (non-hydrogen) atoms. The van der Waals surface area contributed by atoms with E-state index < -0.39 is 0 Å². The maximum absolute atomic E-state index is 12.4. The minimum atomic E-state index is 0.103. The second-order valence-corrected chi connectivity index (χ2v) is 7.95. The third-order valence-corrected chi connectivity index (χ3v) is 5.79. The van der Waals surface area contributed by atoms with Gasteiger partial charge in [0.15, 0.2) is 0 Å². The maximum Gasteiger partial charge on any atom is 0.238 e. The van der Waals surface area contributed by atoms with Gasteiger partial charge in [0.2, 0.25) is 5.91 Å². The van der Waals surface area contributed by atoms with Crippen LogP contribution in [0.3, 0.4) is 0 Å². The van der Waals surface area contributed by atoms with Crippen molar-refractivity contribution in [1.82, 2.24) is 4.90 Å².